The summed E-state index contributed by atoms with van der Waals surface area (Å²) in [6.07, 6.45) is 6.63. The number of aromatic nitrogens is 1. The average molecular weight is 232 g/mol. The van der Waals surface area contributed by atoms with Crippen LogP contribution in [0.1, 0.15) is 47.7 Å². The molecule has 1 heterocycles. The number of hydrogen-bond donors (Lipinski definition) is 1. The first-order valence-electron chi connectivity index (χ1n) is 6.12. The molecule has 0 atom stereocenters. The molecule has 1 aromatic rings. The minimum Gasteiger partial charge on any atom is -0.464 e. The Labute approximate surface area is 100 Å². The van der Waals surface area contributed by atoms with Gasteiger partial charge in [-0.2, -0.15) is 0 Å². The molecule has 0 saturated heterocycles. The van der Waals surface area contributed by atoms with Crippen molar-refractivity contribution in [2.24, 2.45) is 0 Å². The van der Waals surface area contributed by atoms with E-state index in [1.807, 2.05) is 6.20 Å². The highest BCUT2D eigenvalue weighted by atomic mass is 16.5. The highest BCUT2D eigenvalue weighted by Crippen LogP contribution is 2.41. The van der Waals surface area contributed by atoms with Crippen LogP contribution in [0, 0.1) is 0 Å². The first-order valence-corrected chi connectivity index (χ1v) is 6.12. The van der Waals surface area contributed by atoms with Crippen molar-refractivity contribution in [2.75, 3.05) is 12.4 Å². The Kier molecular flexibility index (Phi) is 2.50. The SMILES string of the molecule is COC(=O)c1ncc(C2CC2)cc1NC1CC1. The van der Waals surface area contributed by atoms with Crippen molar-refractivity contribution in [3.63, 3.8) is 0 Å². The van der Waals surface area contributed by atoms with Gasteiger partial charge in [0.1, 0.15) is 0 Å². The second-order valence-corrected chi connectivity index (χ2v) is 4.85. The molecular weight excluding hydrogens is 216 g/mol. The van der Waals surface area contributed by atoms with E-state index in [4.69, 9.17) is 4.74 Å². The molecule has 0 aromatic carbocycles. The number of pyridine rings is 1. The second kappa shape index (κ2) is 4.02. The Morgan fingerprint density at radius 2 is 2.18 bits per heavy atom. The standard InChI is InChI=1S/C13H16N2O2/c1-17-13(16)12-11(15-10-4-5-10)6-9(7-14-12)8-2-3-8/h6-8,10,15H,2-5H2,1H3. The van der Waals surface area contributed by atoms with Crippen molar-refractivity contribution in [1.82, 2.24) is 4.98 Å². The summed E-state index contributed by atoms with van der Waals surface area (Å²) in [5.74, 6) is 0.282. The highest BCUT2D eigenvalue weighted by Gasteiger charge is 2.28. The molecule has 0 bridgehead atoms. The number of anilines is 1. The largest absolute Gasteiger partial charge is 0.464 e. The Hall–Kier alpha value is -1.58. The van der Waals surface area contributed by atoms with Crippen LogP contribution in [-0.4, -0.2) is 24.1 Å². The highest BCUT2D eigenvalue weighted by molar-refractivity contribution is 5.93. The maximum atomic E-state index is 11.6. The van der Waals surface area contributed by atoms with E-state index in [2.05, 4.69) is 16.4 Å². The molecule has 1 aromatic heterocycles. The van der Waals surface area contributed by atoms with Crippen molar-refractivity contribution in [3.8, 4) is 0 Å². The lowest BCUT2D eigenvalue weighted by Crippen LogP contribution is -2.12. The van der Waals surface area contributed by atoms with Crippen LogP contribution in [0.5, 0.6) is 0 Å². The molecule has 0 spiro atoms. The van der Waals surface area contributed by atoms with Crippen LogP contribution in [0.4, 0.5) is 5.69 Å². The van der Waals surface area contributed by atoms with E-state index in [0.717, 1.165) is 5.69 Å². The number of ether oxygens (including phenoxy) is 1. The smallest absolute Gasteiger partial charge is 0.358 e. The van der Waals surface area contributed by atoms with Gasteiger partial charge in [-0.15, -0.1) is 0 Å². The van der Waals surface area contributed by atoms with Gasteiger partial charge in [0, 0.05) is 12.2 Å². The van der Waals surface area contributed by atoms with Gasteiger partial charge in [-0.25, -0.2) is 9.78 Å². The molecule has 1 N–H and O–H groups in total. The van der Waals surface area contributed by atoms with Crippen LogP contribution >= 0.6 is 0 Å². The molecule has 0 amide bonds. The van der Waals surface area contributed by atoms with E-state index in [1.165, 1.54) is 38.4 Å². The van der Waals surface area contributed by atoms with E-state index < -0.39 is 0 Å². The van der Waals surface area contributed by atoms with Crippen LogP contribution in [0.3, 0.4) is 0 Å². The number of carbonyl (C=O) groups excluding carboxylic acids is 1. The van der Waals surface area contributed by atoms with Crippen LogP contribution in [0.2, 0.25) is 0 Å². The van der Waals surface area contributed by atoms with Crippen LogP contribution < -0.4 is 5.32 Å². The average Bonchev–Trinajstić information content (AvgIpc) is 3.20. The number of nitrogens with zero attached hydrogens (tertiary/aromatic N) is 1. The van der Waals surface area contributed by atoms with Gasteiger partial charge in [-0.05, 0) is 43.2 Å². The van der Waals surface area contributed by atoms with Gasteiger partial charge in [0.2, 0.25) is 0 Å². The molecule has 2 aliphatic carbocycles. The van der Waals surface area contributed by atoms with E-state index >= 15 is 0 Å². The molecule has 4 heteroatoms. The van der Waals surface area contributed by atoms with E-state index in [1.54, 1.807) is 0 Å². The Morgan fingerprint density at radius 3 is 2.76 bits per heavy atom. The molecule has 2 saturated carbocycles. The number of esters is 1. The first-order chi connectivity index (χ1) is 8.28. The van der Waals surface area contributed by atoms with Crippen LogP contribution in [0.15, 0.2) is 12.3 Å². The first kappa shape index (κ1) is 10.6. The summed E-state index contributed by atoms with van der Waals surface area (Å²) in [4.78, 5) is 15.9. The summed E-state index contributed by atoms with van der Waals surface area (Å²) in [6.45, 7) is 0. The predicted molar refractivity (Wildman–Crippen MR) is 64.2 cm³/mol. The number of hydrogen-bond acceptors (Lipinski definition) is 4. The fourth-order valence-electron chi connectivity index (χ4n) is 1.94. The number of rotatable bonds is 4. The molecule has 4 nitrogen and oxygen atoms in total. The number of methoxy groups -OCH3 is 1. The van der Waals surface area contributed by atoms with E-state index in [0.29, 0.717) is 17.7 Å². The summed E-state index contributed by atoms with van der Waals surface area (Å²) in [7, 11) is 1.39. The lowest BCUT2D eigenvalue weighted by Gasteiger charge is -2.10. The Balaban J connectivity index is 1.91. The van der Waals surface area contributed by atoms with Gasteiger partial charge in [0.15, 0.2) is 5.69 Å². The third-order valence-corrected chi connectivity index (χ3v) is 3.27. The predicted octanol–water partition coefficient (Wildman–Crippen LogP) is 2.32. The molecular formula is C13H16N2O2. The van der Waals surface area contributed by atoms with E-state index in [9.17, 15) is 4.79 Å². The van der Waals surface area contributed by atoms with Crippen molar-refractivity contribution in [3.05, 3.63) is 23.5 Å². The minimum atomic E-state index is -0.365. The lowest BCUT2D eigenvalue weighted by molar-refractivity contribution is 0.0595. The second-order valence-electron chi connectivity index (χ2n) is 4.85. The van der Waals surface area contributed by atoms with Gasteiger partial charge in [-0.3, -0.25) is 0 Å². The van der Waals surface area contributed by atoms with Crippen molar-refractivity contribution >= 4 is 11.7 Å². The topological polar surface area (TPSA) is 51.2 Å². The van der Waals surface area contributed by atoms with Crippen molar-refractivity contribution < 1.29 is 9.53 Å². The maximum absolute atomic E-state index is 11.6. The summed E-state index contributed by atoms with van der Waals surface area (Å²) >= 11 is 0. The molecule has 17 heavy (non-hydrogen) atoms. The molecule has 90 valence electrons. The quantitative estimate of drug-likeness (QED) is 0.809. The van der Waals surface area contributed by atoms with Crippen LogP contribution in [-0.2, 0) is 4.74 Å². The summed E-state index contributed by atoms with van der Waals surface area (Å²) in [6, 6.07) is 2.57. The van der Waals surface area contributed by atoms with E-state index in [-0.39, 0.29) is 5.97 Å². The Bertz CT molecular complexity index is 451. The van der Waals surface area contributed by atoms with Gasteiger partial charge in [0.25, 0.3) is 0 Å². The Morgan fingerprint density at radius 1 is 1.41 bits per heavy atom. The maximum Gasteiger partial charge on any atom is 0.358 e. The minimum absolute atomic E-state index is 0.365. The molecule has 0 aliphatic heterocycles. The van der Waals surface area contributed by atoms with Gasteiger partial charge in [-0.1, -0.05) is 0 Å². The normalized spacial score (nSPS) is 18.9. The molecule has 2 aliphatic rings. The molecule has 3 rings (SSSR count). The molecule has 2 fully saturated rings. The summed E-state index contributed by atoms with van der Waals surface area (Å²) in [5.41, 5.74) is 2.48. The zero-order valence-corrected chi connectivity index (χ0v) is 9.90. The van der Waals surface area contributed by atoms with Gasteiger partial charge >= 0.3 is 5.97 Å². The zero-order chi connectivity index (χ0) is 11.8. The van der Waals surface area contributed by atoms with Crippen molar-refractivity contribution in [2.45, 2.75) is 37.6 Å². The zero-order valence-electron chi connectivity index (χ0n) is 9.90. The monoisotopic (exact) mass is 232 g/mol. The third-order valence-electron chi connectivity index (χ3n) is 3.27. The van der Waals surface area contributed by atoms with Gasteiger partial charge in [0.05, 0.1) is 12.8 Å². The third kappa shape index (κ3) is 2.25. The number of nitrogens with one attached hydrogen (secondary N) is 1. The summed E-state index contributed by atoms with van der Waals surface area (Å²) in [5, 5.41) is 3.36. The fraction of sp³-hybridized carbons (Fsp3) is 0.538. The lowest BCUT2D eigenvalue weighted by atomic mass is 10.1. The molecule has 0 radical (unpaired) electrons. The fourth-order valence-corrected chi connectivity index (χ4v) is 1.94. The number of carbonyl (C=O) groups is 1. The molecule has 0 unspecified atom stereocenters. The van der Waals surface area contributed by atoms with Crippen LogP contribution in [0.25, 0.3) is 0 Å². The van der Waals surface area contributed by atoms with Gasteiger partial charge < -0.3 is 10.1 Å². The van der Waals surface area contributed by atoms with Crippen molar-refractivity contribution in [1.29, 1.82) is 0 Å². The summed E-state index contributed by atoms with van der Waals surface area (Å²) < 4.78 is 4.75.